The first-order valence-corrected chi connectivity index (χ1v) is 4.92. The van der Waals surface area contributed by atoms with Crippen molar-refractivity contribution >= 4 is 23.3 Å². The van der Waals surface area contributed by atoms with E-state index in [0.717, 1.165) is 16.8 Å². The summed E-state index contributed by atoms with van der Waals surface area (Å²) in [5.74, 6) is 0. The Labute approximate surface area is 99.8 Å². The van der Waals surface area contributed by atoms with Gasteiger partial charge in [-0.2, -0.15) is 0 Å². The minimum Gasteiger partial charge on any atom is -0.354 e. The van der Waals surface area contributed by atoms with Gasteiger partial charge in [-0.25, -0.2) is 0 Å². The third-order valence-corrected chi connectivity index (χ3v) is 2.50. The van der Waals surface area contributed by atoms with E-state index in [1.807, 2.05) is 24.4 Å². The summed E-state index contributed by atoms with van der Waals surface area (Å²) in [5, 5.41) is 1.23. The molecule has 1 N–H and O–H groups in total. The molecule has 0 unspecified atom stereocenters. The maximum Gasteiger partial charge on any atom is 0.0480 e. The van der Waals surface area contributed by atoms with Gasteiger partial charge < -0.3 is 4.98 Å². The fourth-order valence-corrected chi connectivity index (χ4v) is 1.75. The van der Waals surface area contributed by atoms with Crippen LogP contribution in [0.2, 0.25) is 0 Å². The van der Waals surface area contributed by atoms with Gasteiger partial charge >= 0.3 is 0 Å². The Kier molecular flexibility index (Phi) is 2.93. The van der Waals surface area contributed by atoms with Gasteiger partial charge in [0.2, 0.25) is 0 Å². The molecular weight excluding hydrogens is 220 g/mol. The van der Waals surface area contributed by atoms with Crippen LogP contribution in [0.5, 0.6) is 0 Å². The Morgan fingerprint density at radius 3 is 2.62 bits per heavy atom. The van der Waals surface area contributed by atoms with Crippen LogP contribution in [0.1, 0.15) is 0 Å². The van der Waals surface area contributed by atoms with Gasteiger partial charge in [-0.15, -0.1) is 12.4 Å². The summed E-state index contributed by atoms with van der Waals surface area (Å²) >= 11 is 0. The minimum absolute atomic E-state index is 0. The number of para-hydroxylation sites is 1. The molecule has 2 nitrogen and oxygen atoms in total. The minimum atomic E-state index is 0. The van der Waals surface area contributed by atoms with Crippen LogP contribution in [0.15, 0.2) is 54.9 Å². The Bertz CT molecular complexity index is 554. The number of aromatic amines is 1. The molecule has 0 atom stereocenters. The van der Waals surface area contributed by atoms with Gasteiger partial charge in [0.25, 0.3) is 0 Å². The van der Waals surface area contributed by atoms with Crippen molar-refractivity contribution in [2.45, 2.75) is 0 Å². The van der Waals surface area contributed by atoms with Crippen molar-refractivity contribution in [3.8, 4) is 11.3 Å². The molecule has 0 aliphatic rings. The van der Waals surface area contributed by atoms with E-state index in [4.69, 9.17) is 0 Å². The molecule has 2 heterocycles. The fraction of sp³-hybridized carbons (Fsp3) is 0. The predicted molar refractivity (Wildman–Crippen MR) is 68.8 cm³/mol. The molecule has 0 spiro atoms. The molecule has 0 amide bonds. The highest BCUT2D eigenvalue weighted by atomic mass is 35.5. The third-order valence-electron chi connectivity index (χ3n) is 2.50. The standard InChI is InChI=1S/C13H10N2.ClH/c1-2-6-12-10(4-1)8-13(15-12)11-5-3-7-14-9-11;/h1-9,15H;1H. The number of hydrogen-bond acceptors (Lipinski definition) is 1. The molecule has 0 aliphatic heterocycles. The van der Waals surface area contributed by atoms with Gasteiger partial charge in [-0.05, 0) is 24.3 Å². The zero-order valence-electron chi connectivity index (χ0n) is 8.55. The SMILES string of the molecule is Cl.c1cncc(-c2cc3ccccc3[nH]2)c1. The van der Waals surface area contributed by atoms with Crippen LogP contribution in [-0.4, -0.2) is 9.97 Å². The second-order valence-electron chi connectivity index (χ2n) is 3.51. The maximum absolute atomic E-state index is 4.11. The molecule has 3 heteroatoms. The molecule has 0 saturated carbocycles. The summed E-state index contributed by atoms with van der Waals surface area (Å²) in [6.45, 7) is 0. The van der Waals surface area contributed by atoms with Gasteiger partial charge in [-0.3, -0.25) is 4.98 Å². The van der Waals surface area contributed by atoms with E-state index in [2.05, 4.69) is 34.2 Å². The Hall–Kier alpha value is -1.80. The highest BCUT2D eigenvalue weighted by molar-refractivity contribution is 5.85. The van der Waals surface area contributed by atoms with E-state index < -0.39 is 0 Å². The normalized spacial score (nSPS) is 10.0. The van der Waals surface area contributed by atoms with E-state index in [-0.39, 0.29) is 12.4 Å². The molecule has 0 radical (unpaired) electrons. The smallest absolute Gasteiger partial charge is 0.0480 e. The topological polar surface area (TPSA) is 28.7 Å². The van der Waals surface area contributed by atoms with Crippen molar-refractivity contribution in [3.05, 3.63) is 54.9 Å². The van der Waals surface area contributed by atoms with Gasteiger partial charge in [-0.1, -0.05) is 18.2 Å². The molecule has 3 aromatic rings. The Balaban J connectivity index is 0.000000963. The van der Waals surface area contributed by atoms with E-state index in [9.17, 15) is 0 Å². The number of H-pyrrole nitrogens is 1. The lowest BCUT2D eigenvalue weighted by molar-refractivity contribution is 1.31. The largest absolute Gasteiger partial charge is 0.354 e. The van der Waals surface area contributed by atoms with Gasteiger partial charge in [0, 0.05) is 34.6 Å². The molecule has 0 saturated heterocycles. The van der Waals surface area contributed by atoms with Crippen molar-refractivity contribution in [1.29, 1.82) is 0 Å². The zero-order valence-corrected chi connectivity index (χ0v) is 9.37. The first-order chi connectivity index (χ1) is 7.43. The average Bonchev–Trinajstić information content (AvgIpc) is 2.74. The molecule has 1 aromatic carbocycles. The lowest BCUT2D eigenvalue weighted by Gasteiger charge is -1.94. The summed E-state index contributed by atoms with van der Waals surface area (Å²) in [7, 11) is 0. The van der Waals surface area contributed by atoms with Crippen LogP contribution in [0, 0.1) is 0 Å². The zero-order chi connectivity index (χ0) is 10.1. The Morgan fingerprint density at radius 2 is 1.88 bits per heavy atom. The molecule has 2 aromatic heterocycles. The fourth-order valence-electron chi connectivity index (χ4n) is 1.75. The predicted octanol–water partition coefficient (Wildman–Crippen LogP) is 3.65. The maximum atomic E-state index is 4.11. The van der Waals surface area contributed by atoms with Gasteiger partial charge in [0.15, 0.2) is 0 Å². The summed E-state index contributed by atoms with van der Waals surface area (Å²) < 4.78 is 0. The van der Waals surface area contributed by atoms with Crippen LogP contribution in [0.4, 0.5) is 0 Å². The summed E-state index contributed by atoms with van der Waals surface area (Å²) in [4.78, 5) is 7.48. The number of pyridine rings is 1. The van der Waals surface area contributed by atoms with Crippen LogP contribution >= 0.6 is 12.4 Å². The highest BCUT2D eigenvalue weighted by Gasteiger charge is 2.01. The quantitative estimate of drug-likeness (QED) is 0.679. The summed E-state index contributed by atoms with van der Waals surface area (Å²) in [6.07, 6.45) is 3.65. The molecule has 80 valence electrons. The number of fused-ring (bicyclic) bond motifs is 1. The first-order valence-electron chi connectivity index (χ1n) is 4.92. The van der Waals surface area contributed by atoms with Crippen LogP contribution in [0.25, 0.3) is 22.2 Å². The monoisotopic (exact) mass is 230 g/mol. The second-order valence-corrected chi connectivity index (χ2v) is 3.51. The third kappa shape index (κ3) is 1.79. The number of nitrogens with zero attached hydrogens (tertiary/aromatic N) is 1. The van der Waals surface area contributed by atoms with E-state index in [1.54, 1.807) is 6.20 Å². The average molecular weight is 231 g/mol. The van der Waals surface area contributed by atoms with E-state index in [1.165, 1.54) is 5.39 Å². The van der Waals surface area contributed by atoms with Crippen molar-refractivity contribution in [2.24, 2.45) is 0 Å². The number of hydrogen-bond donors (Lipinski definition) is 1. The lowest BCUT2D eigenvalue weighted by atomic mass is 10.2. The van der Waals surface area contributed by atoms with E-state index in [0.29, 0.717) is 0 Å². The number of rotatable bonds is 1. The number of aromatic nitrogens is 2. The summed E-state index contributed by atoms with van der Waals surface area (Å²) in [5.41, 5.74) is 3.40. The molecule has 16 heavy (non-hydrogen) atoms. The van der Waals surface area contributed by atoms with E-state index >= 15 is 0 Å². The number of benzene rings is 1. The lowest BCUT2D eigenvalue weighted by Crippen LogP contribution is -1.77. The van der Waals surface area contributed by atoms with Crippen molar-refractivity contribution in [3.63, 3.8) is 0 Å². The van der Waals surface area contributed by atoms with Crippen LogP contribution in [-0.2, 0) is 0 Å². The van der Waals surface area contributed by atoms with Crippen LogP contribution in [0.3, 0.4) is 0 Å². The molecule has 0 bridgehead atoms. The highest BCUT2D eigenvalue weighted by Crippen LogP contribution is 2.22. The summed E-state index contributed by atoms with van der Waals surface area (Å²) in [6, 6.07) is 14.4. The Morgan fingerprint density at radius 1 is 1.00 bits per heavy atom. The van der Waals surface area contributed by atoms with Gasteiger partial charge in [0.05, 0.1) is 0 Å². The number of nitrogens with one attached hydrogen (secondary N) is 1. The second kappa shape index (κ2) is 4.37. The molecule has 0 fully saturated rings. The molecular formula is C13H11ClN2. The number of halogens is 1. The van der Waals surface area contributed by atoms with Gasteiger partial charge in [0.1, 0.15) is 0 Å². The van der Waals surface area contributed by atoms with Crippen molar-refractivity contribution in [1.82, 2.24) is 9.97 Å². The first kappa shape index (κ1) is 10.7. The molecule has 3 rings (SSSR count). The van der Waals surface area contributed by atoms with Crippen LogP contribution < -0.4 is 0 Å². The van der Waals surface area contributed by atoms with Crippen molar-refractivity contribution < 1.29 is 0 Å². The van der Waals surface area contributed by atoms with Crippen molar-refractivity contribution in [2.75, 3.05) is 0 Å². The molecule has 0 aliphatic carbocycles.